The van der Waals surface area contributed by atoms with Crippen LogP contribution in [0.25, 0.3) is 0 Å². The topological polar surface area (TPSA) is 30.5 Å². The molecule has 112 valence electrons. The van der Waals surface area contributed by atoms with Crippen LogP contribution in [-0.2, 0) is 9.47 Å². The van der Waals surface area contributed by atoms with Crippen molar-refractivity contribution in [2.24, 2.45) is 5.92 Å². The standard InChI is InChI=1S/C15H29NO2S/c1-5-14(2,17-4)13(16-3)12-6-8-18-15(10-12)7-9-19-11-15/h12-13,16H,5-11H2,1-4H3. The van der Waals surface area contributed by atoms with Crippen molar-refractivity contribution in [3.8, 4) is 0 Å². The zero-order valence-corrected chi connectivity index (χ0v) is 13.6. The van der Waals surface area contributed by atoms with Crippen LogP contribution >= 0.6 is 11.8 Å². The minimum atomic E-state index is -0.0797. The first-order valence-corrected chi connectivity index (χ1v) is 8.69. The van der Waals surface area contributed by atoms with Gasteiger partial charge in [0.1, 0.15) is 0 Å². The summed E-state index contributed by atoms with van der Waals surface area (Å²) in [7, 11) is 3.91. The second-order valence-electron chi connectivity index (χ2n) is 6.22. The van der Waals surface area contributed by atoms with Crippen molar-refractivity contribution < 1.29 is 9.47 Å². The van der Waals surface area contributed by atoms with E-state index in [9.17, 15) is 0 Å². The molecular weight excluding hydrogens is 258 g/mol. The van der Waals surface area contributed by atoms with Crippen LogP contribution in [0.3, 0.4) is 0 Å². The largest absolute Gasteiger partial charge is 0.377 e. The smallest absolute Gasteiger partial charge is 0.0803 e. The Labute approximate surface area is 122 Å². The summed E-state index contributed by atoms with van der Waals surface area (Å²) in [5.41, 5.74) is 0.0781. The van der Waals surface area contributed by atoms with Gasteiger partial charge in [-0.15, -0.1) is 0 Å². The van der Waals surface area contributed by atoms with Crippen molar-refractivity contribution in [1.29, 1.82) is 0 Å². The quantitative estimate of drug-likeness (QED) is 0.842. The Hall–Kier alpha value is 0.230. The average molecular weight is 287 g/mol. The van der Waals surface area contributed by atoms with Gasteiger partial charge < -0.3 is 14.8 Å². The van der Waals surface area contributed by atoms with E-state index in [1.165, 1.54) is 24.3 Å². The molecule has 4 atom stereocenters. The highest BCUT2D eigenvalue weighted by Crippen LogP contribution is 2.43. The molecule has 3 nitrogen and oxygen atoms in total. The fourth-order valence-electron chi connectivity index (χ4n) is 3.74. The van der Waals surface area contributed by atoms with Gasteiger partial charge in [0.25, 0.3) is 0 Å². The maximum atomic E-state index is 6.14. The summed E-state index contributed by atoms with van der Waals surface area (Å²) >= 11 is 2.04. The molecule has 0 aromatic rings. The lowest BCUT2D eigenvalue weighted by Gasteiger charge is -2.46. The molecule has 0 saturated carbocycles. The molecular formula is C15H29NO2S. The molecule has 0 aliphatic carbocycles. The number of hydrogen-bond donors (Lipinski definition) is 1. The molecule has 4 heteroatoms. The Morgan fingerprint density at radius 3 is 2.89 bits per heavy atom. The third-order valence-electron chi connectivity index (χ3n) is 5.21. The van der Waals surface area contributed by atoms with E-state index in [1.54, 1.807) is 0 Å². The van der Waals surface area contributed by atoms with Crippen LogP contribution in [0.4, 0.5) is 0 Å². The molecule has 0 radical (unpaired) electrons. The summed E-state index contributed by atoms with van der Waals surface area (Å²) < 4.78 is 12.0. The Bertz CT molecular complexity index is 288. The summed E-state index contributed by atoms with van der Waals surface area (Å²) in [5, 5.41) is 3.53. The van der Waals surface area contributed by atoms with E-state index in [4.69, 9.17) is 9.47 Å². The van der Waals surface area contributed by atoms with Crippen LogP contribution in [0.2, 0.25) is 0 Å². The lowest BCUT2D eigenvalue weighted by molar-refractivity contribution is -0.112. The first-order chi connectivity index (χ1) is 9.09. The highest BCUT2D eigenvalue weighted by molar-refractivity contribution is 7.99. The molecule has 0 aromatic heterocycles. The maximum Gasteiger partial charge on any atom is 0.0803 e. The molecule has 2 heterocycles. The van der Waals surface area contributed by atoms with Crippen LogP contribution in [0.1, 0.15) is 39.5 Å². The van der Waals surface area contributed by atoms with E-state index < -0.39 is 0 Å². The molecule has 2 aliphatic rings. The van der Waals surface area contributed by atoms with Crippen molar-refractivity contribution in [1.82, 2.24) is 5.32 Å². The first kappa shape index (κ1) is 15.6. The van der Waals surface area contributed by atoms with Crippen molar-refractivity contribution in [3.05, 3.63) is 0 Å². The second kappa shape index (κ2) is 6.33. The fraction of sp³-hybridized carbons (Fsp3) is 1.00. The van der Waals surface area contributed by atoms with Crippen LogP contribution < -0.4 is 5.32 Å². The van der Waals surface area contributed by atoms with E-state index in [0.717, 1.165) is 19.4 Å². The predicted molar refractivity (Wildman–Crippen MR) is 81.9 cm³/mol. The van der Waals surface area contributed by atoms with Gasteiger partial charge >= 0.3 is 0 Å². The number of ether oxygens (including phenoxy) is 2. The van der Waals surface area contributed by atoms with Crippen molar-refractivity contribution in [2.45, 2.75) is 56.8 Å². The van der Waals surface area contributed by atoms with Gasteiger partial charge in [-0.05, 0) is 51.3 Å². The van der Waals surface area contributed by atoms with Gasteiger partial charge in [0.05, 0.1) is 11.2 Å². The molecule has 0 aromatic carbocycles. The molecule has 4 unspecified atom stereocenters. The van der Waals surface area contributed by atoms with Gasteiger partial charge in [0.15, 0.2) is 0 Å². The van der Waals surface area contributed by atoms with Crippen molar-refractivity contribution in [2.75, 3.05) is 32.3 Å². The minimum absolute atomic E-state index is 0.0797. The Balaban J connectivity index is 2.10. The summed E-state index contributed by atoms with van der Waals surface area (Å²) in [6, 6.07) is 0.411. The van der Waals surface area contributed by atoms with Crippen molar-refractivity contribution in [3.63, 3.8) is 0 Å². The second-order valence-corrected chi connectivity index (χ2v) is 7.33. The van der Waals surface area contributed by atoms with Gasteiger partial charge in [-0.3, -0.25) is 0 Å². The maximum absolute atomic E-state index is 6.14. The number of methoxy groups -OCH3 is 1. The third kappa shape index (κ3) is 3.12. The minimum Gasteiger partial charge on any atom is -0.377 e. The van der Waals surface area contributed by atoms with Gasteiger partial charge in [-0.25, -0.2) is 0 Å². The lowest BCUT2D eigenvalue weighted by atomic mass is 9.75. The van der Waals surface area contributed by atoms with E-state index in [0.29, 0.717) is 12.0 Å². The fourth-order valence-corrected chi connectivity index (χ4v) is 5.12. The molecule has 19 heavy (non-hydrogen) atoms. The van der Waals surface area contributed by atoms with Gasteiger partial charge in [-0.2, -0.15) is 11.8 Å². The van der Waals surface area contributed by atoms with E-state index >= 15 is 0 Å². The summed E-state index contributed by atoms with van der Waals surface area (Å²) in [4.78, 5) is 0. The van der Waals surface area contributed by atoms with Crippen LogP contribution in [0.15, 0.2) is 0 Å². The number of nitrogens with one attached hydrogen (secondary N) is 1. The first-order valence-electron chi connectivity index (χ1n) is 7.53. The zero-order chi connectivity index (χ0) is 13.9. The predicted octanol–water partition coefficient (Wildman–Crippen LogP) is 2.69. The highest BCUT2D eigenvalue weighted by Gasteiger charge is 2.46. The Kier molecular flexibility index (Phi) is 5.21. The van der Waals surface area contributed by atoms with E-state index in [2.05, 4.69) is 26.2 Å². The van der Waals surface area contributed by atoms with E-state index in [1.807, 2.05) is 18.9 Å². The van der Waals surface area contributed by atoms with Gasteiger partial charge in [0, 0.05) is 25.5 Å². The van der Waals surface area contributed by atoms with E-state index in [-0.39, 0.29) is 11.2 Å². The number of thioether (sulfide) groups is 1. The molecule has 0 amide bonds. The summed E-state index contributed by atoms with van der Waals surface area (Å²) in [6.07, 6.45) is 4.59. The summed E-state index contributed by atoms with van der Waals surface area (Å²) in [6.45, 7) is 5.36. The third-order valence-corrected chi connectivity index (χ3v) is 6.43. The van der Waals surface area contributed by atoms with Crippen LogP contribution in [-0.4, -0.2) is 49.5 Å². The average Bonchev–Trinajstić information content (AvgIpc) is 2.87. The molecule has 2 rings (SSSR count). The number of rotatable bonds is 5. The Morgan fingerprint density at radius 1 is 1.58 bits per heavy atom. The lowest BCUT2D eigenvalue weighted by Crippen LogP contribution is -2.56. The van der Waals surface area contributed by atoms with Crippen LogP contribution in [0, 0.1) is 5.92 Å². The van der Waals surface area contributed by atoms with Crippen molar-refractivity contribution >= 4 is 11.8 Å². The molecule has 2 fully saturated rings. The molecule has 1 spiro atoms. The van der Waals surface area contributed by atoms with Crippen LogP contribution in [0.5, 0.6) is 0 Å². The molecule has 1 N–H and O–H groups in total. The highest BCUT2D eigenvalue weighted by atomic mass is 32.2. The monoisotopic (exact) mass is 287 g/mol. The summed E-state index contributed by atoms with van der Waals surface area (Å²) in [5.74, 6) is 3.09. The van der Waals surface area contributed by atoms with Gasteiger partial charge in [-0.1, -0.05) is 6.92 Å². The SMILES string of the molecule is CCC(C)(OC)C(NC)C1CCOC2(CCSC2)C1. The molecule has 2 saturated heterocycles. The number of hydrogen-bond acceptors (Lipinski definition) is 4. The zero-order valence-electron chi connectivity index (χ0n) is 12.8. The molecule has 2 aliphatic heterocycles. The Morgan fingerprint density at radius 2 is 2.37 bits per heavy atom. The normalized spacial score (nSPS) is 36.3. The number of likely N-dealkylation sites (N-methyl/N-ethyl adjacent to an activating group) is 1. The molecule has 0 bridgehead atoms. The van der Waals surface area contributed by atoms with Gasteiger partial charge in [0.2, 0.25) is 0 Å².